The summed E-state index contributed by atoms with van der Waals surface area (Å²) in [5, 5.41) is 95.6. The summed E-state index contributed by atoms with van der Waals surface area (Å²) < 4.78 is 24.4. The molecule has 0 aromatic rings. The van der Waals surface area contributed by atoms with Crippen LogP contribution in [-0.2, 0) is 18.9 Å². The van der Waals surface area contributed by atoms with Crippen molar-refractivity contribution < 1.29 is 64.9 Å². The van der Waals surface area contributed by atoms with E-state index >= 15 is 0 Å². The van der Waals surface area contributed by atoms with Crippen LogP contribution in [0.1, 0.15) is 98.8 Å². The number of aliphatic hydroxyl groups is 9. The van der Waals surface area contributed by atoms with E-state index in [0.29, 0.717) is 12.3 Å². The van der Waals surface area contributed by atoms with Crippen molar-refractivity contribution in [2.75, 3.05) is 19.8 Å². The lowest BCUT2D eigenvalue weighted by atomic mass is 9.32. The number of allylic oxidation sites excluding steroid dienone is 1. The Morgan fingerprint density at radius 3 is 1.96 bits per heavy atom. The van der Waals surface area contributed by atoms with Crippen LogP contribution in [-0.4, -0.2) is 139 Å². The Morgan fingerprint density at radius 1 is 0.667 bits per heavy atom. The molecule has 0 amide bonds. The van der Waals surface area contributed by atoms with E-state index < -0.39 is 91.7 Å². The van der Waals surface area contributed by atoms with Gasteiger partial charge >= 0.3 is 0 Å². The van der Waals surface area contributed by atoms with Crippen molar-refractivity contribution in [1.82, 2.24) is 0 Å². The Labute approximate surface area is 319 Å². The minimum absolute atomic E-state index is 0.00410. The lowest BCUT2D eigenvalue weighted by Gasteiger charge is -2.73. The fourth-order valence-electron chi connectivity index (χ4n) is 14.1. The molecule has 2 saturated heterocycles. The zero-order valence-corrected chi connectivity index (χ0v) is 32.8. The monoisotopic (exact) mass is 768 g/mol. The highest BCUT2D eigenvalue weighted by atomic mass is 16.7. The van der Waals surface area contributed by atoms with Gasteiger partial charge in [-0.15, -0.1) is 0 Å². The van der Waals surface area contributed by atoms with Gasteiger partial charge in [-0.3, -0.25) is 0 Å². The molecule has 0 aromatic heterocycles. The van der Waals surface area contributed by atoms with Gasteiger partial charge in [0.15, 0.2) is 12.6 Å². The highest BCUT2D eigenvalue weighted by molar-refractivity contribution is 5.23. The molecular weight excluding hydrogens is 700 g/mol. The van der Waals surface area contributed by atoms with Gasteiger partial charge in [0.2, 0.25) is 0 Å². The van der Waals surface area contributed by atoms with Gasteiger partial charge in [-0.1, -0.05) is 39.8 Å². The van der Waals surface area contributed by atoms with Crippen LogP contribution in [0.2, 0.25) is 0 Å². The highest BCUT2D eigenvalue weighted by Gasteiger charge is 2.72. The standard InChI is InChI=1S/C41H68O13/c1-20(2)21-9-14-41(54-36-34(50)32(48)30(46)24(53-36)18-51-35-33(49)31(47)29(45)23(17-42)52-35)16-15-39(5)22(28(21)41)7-8-26-37(3)12-11-27(44)38(4,19-43)25(37)10-13-40(26,39)6/h21-36,42-50H,1,7-19H2,2-6H3. The van der Waals surface area contributed by atoms with Gasteiger partial charge in [0.05, 0.1) is 31.5 Å². The van der Waals surface area contributed by atoms with E-state index in [1.165, 1.54) is 0 Å². The smallest absolute Gasteiger partial charge is 0.187 e. The number of fused-ring (bicyclic) bond motifs is 7. The third-order valence-electron chi connectivity index (χ3n) is 17.4. The van der Waals surface area contributed by atoms with Gasteiger partial charge in [0.25, 0.3) is 0 Å². The van der Waals surface area contributed by atoms with Gasteiger partial charge in [-0.2, -0.15) is 0 Å². The molecule has 0 aromatic carbocycles. The minimum Gasteiger partial charge on any atom is -0.396 e. The van der Waals surface area contributed by atoms with E-state index in [9.17, 15) is 46.0 Å². The predicted molar refractivity (Wildman–Crippen MR) is 194 cm³/mol. The molecule has 13 nitrogen and oxygen atoms in total. The molecule has 5 aliphatic carbocycles. The lowest BCUT2D eigenvalue weighted by Crippen LogP contribution is -2.68. The predicted octanol–water partition coefficient (Wildman–Crippen LogP) is 1.37. The Balaban J connectivity index is 1.13. The summed E-state index contributed by atoms with van der Waals surface area (Å²) in [6.07, 6.45) is -6.35. The van der Waals surface area contributed by atoms with Gasteiger partial charge < -0.3 is 64.9 Å². The van der Waals surface area contributed by atoms with Crippen LogP contribution < -0.4 is 0 Å². The molecule has 310 valence electrons. The first-order valence-electron chi connectivity index (χ1n) is 20.6. The zero-order chi connectivity index (χ0) is 39.3. The average Bonchev–Trinajstić information content (AvgIpc) is 3.52. The van der Waals surface area contributed by atoms with Gasteiger partial charge in [0, 0.05) is 5.41 Å². The number of rotatable bonds is 8. The summed E-state index contributed by atoms with van der Waals surface area (Å²) in [7, 11) is 0. The Hall–Kier alpha value is -0.780. The summed E-state index contributed by atoms with van der Waals surface area (Å²) >= 11 is 0. The van der Waals surface area contributed by atoms with Crippen molar-refractivity contribution in [3.05, 3.63) is 12.2 Å². The van der Waals surface area contributed by atoms with Crippen molar-refractivity contribution in [1.29, 1.82) is 0 Å². The maximum Gasteiger partial charge on any atom is 0.187 e. The molecule has 5 saturated carbocycles. The molecule has 2 aliphatic heterocycles. The third-order valence-corrected chi connectivity index (χ3v) is 17.4. The van der Waals surface area contributed by atoms with Crippen LogP contribution in [0, 0.1) is 51.2 Å². The summed E-state index contributed by atoms with van der Waals surface area (Å²) in [6, 6.07) is 0. The highest BCUT2D eigenvalue weighted by Crippen LogP contribution is 2.76. The van der Waals surface area contributed by atoms with Crippen LogP contribution in [0.25, 0.3) is 0 Å². The molecule has 2 heterocycles. The van der Waals surface area contributed by atoms with E-state index in [1.54, 1.807) is 0 Å². The Morgan fingerprint density at radius 2 is 1.31 bits per heavy atom. The summed E-state index contributed by atoms with van der Waals surface area (Å²) in [5.41, 5.74) is -0.121. The van der Waals surface area contributed by atoms with Gasteiger partial charge in [-0.25, -0.2) is 0 Å². The van der Waals surface area contributed by atoms with Crippen molar-refractivity contribution in [2.24, 2.45) is 51.2 Å². The Bertz CT molecular complexity index is 1380. The molecule has 0 spiro atoms. The SMILES string of the molecule is C=C(C)C1CCC2(OC3OC(COC4OC(CO)C(O)C(O)C4O)C(O)C(O)C3O)CCC3(C)C(CCC4C5(C)CCC(O)C(C)(CO)C5CCC43C)C12. The largest absolute Gasteiger partial charge is 0.396 e. The fourth-order valence-corrected chi connectivity index (χ4v) is 14.1. The maximum absolute atomic E-state index is 11.3. The first-order valence-corrected chi connectivity index (χ1v) is 20.6. The molecule has 7 fully saturated rings. The maximum atomic E-state index is 11.3. The summed E-state index contributed by atoms with van der Waals surface area (Å²) in [6.45, 7) is 15.0. The second-order valence-corrected chi connectivity index (χ2v) is 19.6. The van der Waals surface area contributed by atoms with E-state index in [0.717, 1.165) is 63.4 Å². The van der Waals surface area contributed by atoms with E-state index in [2.05, 4.69) is 41.2 Å². The van der Waals surface area contributed by atoms with Crippen molar-refractivity contribution in [3.8, 4) is 0 Å². The molecule has 13 heteroatoms. The molecule has 54 heavy (non-hydrogen) atoms. The third kappa shape index (κ3) is 5.96. The number of ether oxygens (including phenoxy) is 4. The van der Waals surface area contributed by atoms with Crippen LogP contribution in [0.15, 0.2) is 12.2 Å². The van der Waals surface area contributed by atoms with Gasteiger partial charge in [0.1, 0.15) is 48.8 Å². The van der Waals surface area contributed by atoms with Crippen LogP contribution in [0.3, 0.4) is 0 Å². The van der Waals surface area contributed by atoms with Crippen molar-refractivity contribution in [3.63, 3.8) is 0 Å². The van der Waals surface area contributed by atoms with Crippen LogP contribution in [0.4, 0.5) is 0 Å². The molecule has 9 N–H and O–H groups in total. The fraction of sp³-hybridized carbons (Fsp3) is 0.951. The summed E-state index contributed by atoms with van der Waals surface area (Å²) in [4.78, 5) is 0. The Kier molecular flexibility index (Phi) is 11.1. The first-order chi connectivity index (χ1) is 25.3. The van der Waals surface area contributed by atoms with E-state index in [-0.39, 0.29) is 46.5 Å². The topological polar surface area (TPSA) is 219 Å². The lowest BCUT2D eigenvalue weighted by molar-refractivity contribution is -0.356. The van der Waals surface area contributed by atoms with E-state index in [1.807, 2.05) is 0 Å². The van der Waals surface area contributed by atoms with E-state index in [4.69, 9.17) is 18.9 Å². The molecule has 21 unspecified atom stereocenters. The molecule has 7 aliphatic rings. The van der Waals surface area contributed by atoms with Crippen LogP contribution in [0.5, 0.6) is 0 Å². The van der Waals surface area contributed by atoms with Gasteiger partial charge in [-0.05, 0) is 117 Å². The summed E-state index contributed by atoms with van der Waals surface area (Å²) in [5.74, 6) is 1.23. The van der Waals surface area contributed by atoms with Crippen molar-refractivity contribution in [2.45, 2.75) is 172 Å². The number of hydrogen-bond acceptors (Lipinski definition) is 13. The zero-order valence-electron chi connectivity index (χ0n) is 32.8. The molecule has 21 atom stereocenters. The molecular formula is C41H68O13. The number of aliphatic hydroxyl groups excluding tert-OH is 9. The second kappa shape index (κ2) is 14.5. The number of hydrogen-bond donors (Lipinski definition) is 9. The van der Waals surface area contributed by atoms with Crippen LogP contribution >= 0.6 is 0 Å². The quantitative estimate of drug-likeness (QED) is 0.126. The molecule has 0 radical (unpaired) electrons. The molecule has 0 bridgehead atoms. The normalized spacial score (nSPS) is 57.4. The first kappa shape index (κ1) is 41.4. The average molecular weight is 769 g/mol. The second-order valence-electron chi connectivity index (χ2n) is 19.6. The molecule has 7 rings (SSSR count). The van der Waals surface area contributed by atoms with Crippen molar-refractivity contribution >= 4 is 0 Å². The minimum atomic E-state index is -1.65.